The van der Waals surface area contributed by atoms with Gasteiger partial charge in [-0.3, -0.25) is 14.2 Å². The van der Waals surface area contributed by atoms with E-state index in [0.717, 1.165) is 31.2 Å². The number of aromatic nitrogens is 2. The molecule has 1 heterocycles. The van der Waals surface area contributed by atoms with Crippen molar-refractivity contribution >= 4 is 16.8 Å². The van der Waals surface area contributed by atoms with Crippen LogP contribution in [0.15, 0.2) is 53.6 Å². The number of methoxy groups -OCH3 is 2. The van der Waals surface area contributed by atoms with Gasteiger partial charge in [0.1, 0.15) is 6.61 Å². The Kier molecular flexibility index (Phi) is 7.47. The van der Waals surface area contributed by atoms with Crippen LogP contribution >= 0.6 is 0 Å². The van der Waals surface area contributed by atoms with Gasteiger partial charge in [-0.05, 0) is 37.3 Å². The Labute approximate surface area is 199 Å². The first-order chi connectivity index (χ1) is 16.5. The van der Waals surface area contributed by atoms with Crippen molar-refractivity contribution in [1.29, 1.82) is 0 Å². The van der Waals surface area contributed by atoms with E-state index in [1.54, 1.807) is 35.0 Å². The lowest BCUT2D eigenvalue weighted by Gasteiger charge is -2.34. The summed E-state index contributed by atoms with van der Waals surface area (Å²) in [6, 6.07) is 13.5. The lowest BCUT2D eigenvalue weighted by molar-refractivity contribution is -0.136. The Morgan fingerprint density at radius 1 is 1.09 bits per heavy atom. The summed E-state index contributed by atoms with van der Waals surface area (Å²) in [5.74, 6) is 1.08. The molecule has 0 bridgehead atoms. The average molecular weight is 466 g/mol. The fourth-order valence-corrected chi connectivity index (χ4v) is 4.47. The standard InChI is InChI=1S/C26H31N3O5/c1-28(25(30)16-32-2)19-9-11-20(12-10-19)34-24-13-21-22(14-23(24)33-3)27-17-29(26(21)31)15-18-7-5-4-6-8-18/h4-8,13-14,17,19-20H,9-12,15-16H2,1-3H3/t19-,20+. The van der Waals surface area contributed by atoms with E-state index in [1.165, 1.54) is 7.11 Å². The number of likely N-dealkylation sites (N-methyl/N-ethyl adjacent to an activating group) is 1. The largest absolute Gasteiger partial charge is 0.493 e. The molecule has 3 aromatic rings. The molecule has 1 amide bonds. The van der Waals surface area contributed by atoms with Crippen LogP contribution in [0, 0.1) is 0 Å². The van der Waals surface area contributed by atoms with Gasteiger partial charge >= 0.3 is 0 Å². The molecule has 0 radical (unpaired) electrons. The second-order valence-corrected chi connectivity index (χ2v) is 8.67. The van der Waals surface area contributed by atoms with Gasteiger partial charge in [-0.15, -0.1) is 0 Å². The van der Waals surface area contributed by atoms with Gasteiger partial charge in [-0.2, -0.15) is 0 Å². The van der Waals surface area contributed by atoms with E-state index in [2.05, 4.69) is 4.98 Å². The number of rotatable bonds is 8. The van der Waals surface area contributed by atoms with Crippen molar-refractivity contribution in [2.24, 2.45) is 0 Å². The molecule has 1 aliphatic carbocycles. The van der Waals surface area contributed by atoms with E-state index >= 15 is 0 Å². The zero-order valence-corrected chi connectivity index (χ0v) is 19.9. The molecule has 34 heavy (non-hydrogen) atoms. The van der Waals surface area contributed by atoms with Crippen LogP contribution in [0.2, 0.25) is 0 Å². The number of carbonyl (C=O) groups excluding carboxylic acids is 1. The summed E-state index contributed by atoms with van der Waals surface area (Å²) in [5, 5.41) is 0.493. The SMILES string of the molecule is COCC(=O)N(C)[C@H]1CC[C@@H](Oc2cc3c(=O)n(Cc4ccccc4)cnc3cc2OC)CC1. The highest BCUT2D eigenvalue weighted by Crippen LogP contribution is 2.34. The Balaban J connectivity index is 1.51. The summed E-state index contributed by atoms with van der Waals surface area (Å²) in [5.41, 5.74) is 1.48. The fourth-order valence-electron chi connectivity index (χ4n) is 4.47. The van der Waals surface area contributed by atoms with Crippen LogP contribution in [0.4, 0.5) is 0 Å². The topological polar surface area (TPSA) is 82.9 Å². The number of benzene rings is 2. The van der Waals surface area contributed by atoms with E-state index < -0.39 is 0 Å². The molecule has 4 rings (SSSR count). The van der Waals surface area contributed by atoms with Crippen LogP contribution in [0.1, 0.15) is 31.2 Å². The molecule has 0 N–H and O–H groups in total. The quantitative estimate of drug-likeness (QED) is 0.508. The molecule has 1 aliphatic rings. The highest BCUT2D eigenvalue weighted by atomic mass is 16.5. The molecule has 1 saturated carbocycles. The highest BCUT2D eigenvalue weighted by Gasteiger charge is 2.28. The summed E-state index contributed by atoms with van der Waals surface area (Å²) in [7, 11) is 4.93. The monoisotopic (exact) mass is 465 g/mol. The molecule has 0 saturated heterocycles. The van der Waals surface area contributed by atoms with Crippen molar-refractivity contribution in [3.8, 4) is 11.5 Å². The van der Waals surface area contributed by atoms with Crippen LogP contribution in [-0.4, -0.2) is 60.4 Å². The van der Waals surface area contributed by atoms with Gasteiger partial charge in [-0.1, -0.05) is 30.3 Å². The summed E-state index contributed by atoms with van der Waals surface area (Å²) in [6.07, 6.45) is 4.86. The second-order valence-electron chi connectivity index (χ2n) is 8.67. The maximum atomic E-state index is 13.2. The number of carbonyl (C=O) groups is 1. The summed E-state index contributed by atoms with van der Waals surface area (Å²) in [4.78, 5) is 31.6. The van der Waals surface area contributed by atoms with E-state index in [4.69, 9.17) is 14.2 Å². The van der Waals surface area contributed by atoms with Crippen molar-refractivity contribution < 1.29 is 19.0 Å². The van der Waals surface area contributed by atoms with Crippen molar-refractivity contribution in [2.75, 3.05) is 27.9 Å². The average Bonchev–Trinajstić information content (AvgIpc) is 2.86. The second kappa shape index (κ2) is 10.7. The van der Waals surface area contributed by atoms with E-state index in [9.17, 15) is 9.59 Å². The van der Waals surface area contributed by atoms with Gasteiger partial charge in [0.2, 0.25) is 5.91 Å². The molecule has 0 spiro atoms. The molecule has 1 fully saturated rings. The Hall–Kier alpha value is -3.39. The number of nitrogens with zero attached hydrogens (tertiary/aromatic N) is 3. The molecule has 8 nitrogen and oxygen atoms in total. The minimum Gasteiger partial charge on any atom is -0.493 e. The molecule has 0 atom stereocenters. The molecular weight excluding hydrogens is 434 g/mol. The third-order valence-electron chi connectivity index (χ3n) is 6.45. The third-order valence-corrected chi connectivity index (χ3v) is 6.45. The third kappa shape index (κ3) is 5.22. The molecule has 0 unspecified atom stereocenters. The molecule has 1 aromatic heterocycles. The molecule has 0 aliphatic heterocycles. The van der Waals surface area contributed by atoms with Crippen LogP contribution in [0.3, 0.4) is 0 Å². The molecular formula is C26H31N3O5. The van der Waals surface area contributed by atoms with Gasteiger partial charge in [0, 0.05) is 26.3 Å². The first-order valence-electron chi connectivity index (χ1n) is 11.5. The Morgan fingerprint density at radius 3 is 2.50 bits per heavy atom. The Bertz CT molecular complexity index is 1190. The van der Waals surface area contributed by atoms with Gasteiger partial charge in [0.25, 0.3) is 5.56 Å². The smallest absolute Gasteiger partial charge is 0.261 e. The summed E-state index contributed by atoms with van der Waals surface area (Å²) < 4.78 is 18.4. The normalized spacial score (nSPS) is 18.0. The van der Waals surface area contributed by atoms with Crippen LogP contribution in [0.5, 0.6) is 11.5 Å². The van der Waals surface area contributed by atoms with Crippen molar-refractivity contribution in [3.05, 3.63) is 64.7 Å². The van der Waals surface area contributed by atoms with Crippen LogP contribution in [0.25, 0.3) is 10.9 Å². The summed E-state index contributed by atoms with van der Waals surface area (Å²) in [6.45, 7) is 0.543. The van der Waals surface area contributed by atoms with Crippen molar-refractivity contribution in [1.82, 2.24) is 14.5 Å². The van der Waals surface area contributed by atoms with Crippen LogP contribution < -0.4 is 15.0 Å². The Morgan fingerprint density at radius 2 is 1.82 bits per heavy atom. The van der Waals surface area contributed by atoms with Gasteiger partial charge in [-0.25, -0.2) is 4.98 Å². The minimum absolute atomic E-state index is 0.0117. The van der Waals surface area contributed by atoms with Gasteiger partial charge in [0.15, 0.2) is 11.5 Å². The number of hydrogen-bond acceptors (Lipinski definition) is 6. The zero-order chi connectivity index (χ0) is 24.1. The van der Waals surface area contributed by atoms with E-state index in [1.807, 2.05) is 37.4 Å². The first-order valence-corrected chi connectivity index (χ1v) is 11.5. The molecule has 8 heteroatoms. The van der Waals surface area contributed by atoms with Gasteiger partial charge < -0.3 is 19.1 Å². The fraction of sp³-hybridized carbons (Fsp3) is 0.423. The van der Waals surface area contributed by atoms with E-state index in [-0.39, 0.29) is 30.2 Å². The number of fused-ring (bicyclic) bond motifs is 1. The minimum atomic E-state index is -0.122. The molecule has 180 valence electrons. The number of hydrogen-bond donors (Lipinski definition) is 0. The van der Waals surface area contributed by atoms with Crippen molar-refractivity contribution in [2.45, 2.75) is 44.4 Å². The summed E-state index contributed by atoms with van der Waals surface area (Å²) >= 11 is 0. The molecule has 2 aromatic carbocycles. The zero-order valence-electron chi connectivity index (χ0n) is 19.9. The predicted molar refractivity (Wildman–Crippen MR) is 129 cm³/mol. The lowest BCUT2D eigenvalue weighted by Crippen LogP contribution is -2.42. The number of amides is 1. The maximum Gasteiger partial charge on any atom is 0.261 e. The number of ether oxygens (including phenoxy) is 3. The van der Waals surface area contributed by atoms with Gasteiger partial charge in [0.05, 0.1) is 37.0 Å². The van der Waals surface area contributed by atoms with Crippen molar-refractivity contribution in [3.63, 3.8) is 0 Å². The lowest BCUT2D eigenvalue weighted by atomic mass is 9.92. The van der Waals surface area contributed by atoms with E-state index in [0.29, 0.717) is 28.9 Å². The predicted octanol–water partition coefficient (Wildman–Crippen LogP) is 3.25. The maximum absolute atomic E-state index is 13.2. The first kappa shape index (κ1) is 23.8. The highest BCUT2D eigenvalue weighted by molar-refractivity contribution is 5.81. The van der Waals surface area contributed by atoms with Crippen LogP contribution in [-0.2, 0) is 16.1 Å².